The molecule has 1 aliphatic carbocycles. The van der Waals surface area contributed by atoms with Crippen molar-refractivity contribution in [3.05, 3.63) is 29.3 Å². The van der Waals surface area contributed by atoms with Crippen LogP contribution in [0.2, 0.25) is 0 Å². The van der Waals surface area contributed by atoms with Gasteiger partial charge in [0, 0.05) is 43.2 Å². The van der Waals surface area contributed by atoms with Crippen molar-refractivity contribution in [2.45, 2.75) is 69.9 Å². The van der Waals surface area contributed by atoms with Crippen molar-refractivity contribution in [3.8, 4) is 0 Å². The standard InChI is InChI=1S/C21H29F2N3O3/c1-20(2,3)29-19(28)26-6-4-13(5-7-26)14-8-15(10-16(24)9-14)18(27)25-17-11-21(22,23)12-17/h8-10,13,17H,4-7,11-12,24H2,1-3H3,(H,25,27). The lowest BCUT2D eigenvalue weighted by atomic mass is 9.87. The summed E-state index contributed by atoms with van der Waals surface area (Å²) in [6.45, 7) is 6.63. The first-order valence-electron chi connectivity index (χ1n) is 9.99. The van der Waals surface area contributed by atoms with Gasteiger partial charge in [0.05, 0.1) is 0 Å². The van der Waals surface area contributed by atoms with Crippen molar-refractivity contribution in [1.29, 1.82) is 0 Å². The third kappa shape index (κ3) is 5.58. The number of rotatable bonds is 3. The van der Waals surface area contributed by atoms with Gasteiger partial charge in [0.1, 0.15) is 5.60 Å². The Hall–Kier alpha value is -2.38. The van der Waals surface area contributed by atoms with E-state index in [0.29, 0.717) is 24.3 Å². The molecule has 3 rings (SSSR count). The second-order valence-corrected chi connectivity index (χ2v) is 9.06. The Balaban J connectivity index is 1.60. The zero-order valence-corrected chi connectivity index (χ0v) is 17.1. The van der Waals surface area contributed by atoms with Crippen molar-refractivity contribution < 1.29 is 23.1 Å². The van der Waals surface area contributed by atoms with Gasteiger partial charge in [0.15, 0.2) is 0 Å². The van der Waals surface area contributed by atoms with E-state index in [1.807, 2.05) is 26.8 Å². The fourth-order valence-corrected chi connectivity index (χ4v) is 3.80. The second-order valence-electron chi connectivity index (χ2n) is 9.06. The fraction of sp³-hybridized carbons (Fsp3) is 0.619. The number of nitrogens with zero attached hydrogens (tertiary/aromatic N) is 1. The summed E-state index contributed by atoms with van der Waals surface area (Å²) in [4.78, 5) is 26.3. The molecule has 2 amide bonds. The Morgan fingerprint density at radius 3 is 2.34 bits per heavy atom. The number of carbonyl (C=O) groups excluding carboxylic acids is 2. The number of nitrogens with two attached hydrogens (primary N) is 1. The second kappa shape index (κ2) is 7.80. The predicted octanol–water partition coefficient (Wildman–Crippen LogP) is 3.91. The van der Waals surface area contributed by atoms with E-state index in [1.165, 1.54) is 0 Å². The first-order chi connectivity index (χ1) is 13.4. The van der Waals surface area contributed by atoms with Crippen LogP contribution in [-0.4, -0.2) is 47.6 Å². The Labute approximate surface area is 169 Å². The SMILES string of the molecule is CC(C)(C)OC(=O)N1CCC(c2cc(N)cc(C(=O)NC3CC(F)(F)C3)c2)CC1. The monoisotopic (exact) mass is 409 g/mol. The zero-order valence-electron chi connectivity index (χ0n) is 17.1. The van der Waals surface area contributed by atoms with Gasteiger partial charge in [-0.25, -0.2) is 13.6 Å². The average molecular weight is 409 g/mol. The number of benzene rings is 1. The molecule has 3 N–H and O–H groups in total. The van der Waals surface area contributed by atoms with Crippen LogP contribution in [0.3, 0.4) is 0 Å². The van der Waals surface area contributed by atoms with Crippen molar-refractivity contribution >= 4 is 17.7 Å². The maximum Gasteiger partial charge on any atom is 0.410 e. The molecule has 2 aliphatic rings. The number of piperidine rings is 1. The predicted molar refractivity (Wildman–Crippen MR) is 106 cm³/mol. The molecule has 0 aromatic heterocycles. The van der Waals surface area contributed by atoms with E-state index >= 15 is 0 Å². The van der Waals surface area contributed by atoms with E-state index in [2.05, 4.69) is 5.32 Å². The summed E-state index contributed by atoms with van der Waals surface area (Å²) in [5, 5.41) is 2.65. The summed E-state index contributed by atoms with van der Waals surface area (Å²) >= 11 is 0. The van der Waals surface area contributed by atoms with Crippen molar-refractivity contribution in [2.75, 3.05) is 18.8 Å². The van der Waals surface area contributed by atoms with Crippen LogP contribution < -0.4 is 11.1 Å². The Morgan fingerprint density at radius 2 is 1.79 bits per heavy atom. The molecule has 0 unspecified atom stereocenters. The van der Waals surface area contributed by atoms with E-state index in [0.717, 1.165) is 18.4 Å². The topological polar surface area (TPSA) is 84.7 Å². The van der Waals surface area contributed by atoms with Crippen LogP contribution in [0.1, 0.15) is 68.3 Å². The minimum Gasteiger partial charge on any atom is -0.444 e. The molecule has 0 radical (unpaired) electrons. The summed E-state index contributed by atoms with van der Waals surface area (Å²) in [7, 11) is 0. The smallest absolute Gasteiger partial charge is 0.410 e. The first-order valence-corrected chi connectivity index (χ1v) is 9.99. The highest BCUT2D eigenvalue weighted by Crippen LogP contribution is 2.37. The van der Waals surface area contributed by atoms with Gasteiger partial charge in [0.2, 0.25) is 0 Å². The van der Waals surface area contributed by atoms with E-state index in [1.54, 1.807) is 17.0 Å². The van der Waals surface area contributed by atoms with Gasteiger partial charge >= 0.3 is 6.09 Å². The van der Waals surface area contributed by atoms with E-state index < -0.39 is 17.6 Å². The minimum absolute atomic E-state index is 0.164. The number of hydrogen-bond donors (Lipinski definition) is 2. The highest BCUT2D eigenvalue weighted by atomic mass is 19.3. The largest absolute Gasteiger partial charge is 0.444 e. The number of amides is 2. The van der Waals surface area contributed by atoms with Crippen LogP contribution in [0.4, 0.5) is 19.3 Å². The molecule has 0 spiro atoms. The summed E-state index contributed by atoms with van der Waals surface area (Å²) in [5.41, 5.74) is 7.22. The molecule has 1 heterocycles. The molecule has 2 fully saturated rings. The number of ether oxygens (including phenoxy) is 1. The maximum absolute atomic E-state index is 13.0. The van der Waals surface area contributed by atoms with Crippen LogP contribution in [0.5, 0.6) is 0 Å². The number of carbonyl (C=O) groups is 2. The van der Waals surface area contributed by atoms with Gasteiger partial charge in [-0.3, -0.25) is 4.79 Å². The van der Waals surface area contributed by atoms with Crippen LogP contribution in [0, 0.1) is 0 Å². The van der Waals surface area contributed by atoms with Gasteiger partial charge < -0.3 is 20.7 Å². The molecule has 1 aliphatic heterocycles. The van der Waals surface area contributed by atoms with E-state index in [-0.39, 0.29) is 30.8 Å². The summed E-state index contributed by atoms with van der Waals surface area (Å²) in [5.74, 6) is -2.90. The number of likely N-dealkylation sites (tertiary alicyclic amines) is 1. The highest BCUT2D eigenvalue weighted by molar-refractivity contribution is 5.95. The number of anilines is 1. The van der Waals surface area contributed by atoms with Gasteiger partial charge in [0.25, 0.3) is 11.8 Å². The molecule has 6 nitrogen and oxygen atoms in total. The van der Waals surface area contributed by atoms with E-state index in [4.69, 9.17) is 10.5 Å². The minimum atomic E-state index is -2.68. The van der Waals surface area contributed by atoms with Crippen LogP contribution in [-0.2, 0) is 4.74 Å². The normalized spacial score (nSPS) is 20.1. The third-order valence-electron chi connectivity index (χ3n) is 5.28. The lowest BCUT2D eigenvalue weighted by Gasteiger charge is -2.35. The molecular formula is C21H29F2N3O3. The molecule has 8 heteroatoms. The van der Waals surface area contributed by atoms with Crippen LogP contribution in [0.25, 0.3) is 0 Å². The molecule has 29 heavy (non-hydrogen) atoms. The Morgan fingerprint density at radius 1 is 1.17 bits per heavy atom. The fourth-order valence-electron chi connectivity index (χ4n) is 3.80. The molecule has 1 aromatic rings. The maximum atomic E-state index is 13.0. The number of halogens is 2. The molecule has 1 saturated carbocycles. The van der Waals surface area contributed by atoms with Crippen molar-refractivity contribution in [1.82, 2.24) is 10.2 Å². The summed E-state index contributed by atoms with van der Waals surface area (Å²) in [6, 6.07) is 4.67. The van der Waals surface area contributed by atoms with Gasteiger partial charge in [-0.05, 0) is 63.3 Å². The van der Waals surface area contributed by atoms with Crippen LogP contribution >= 0.6 is 0 Å². The third-order valence-corrected chi connectivity index (χ3v) is 5.28. The van der Waals surface area contributed by atoms with Gasteiger partial charge in [-0.2, -0.15) is 0 Å². The van der Waals surface area contributed by atoms with E-state index in [9.17, 15) is 18.4 Å². The molecule has 1 aromatic carbocycles. The molecule has 1 saturated heterocycles. The lowest BCUT2D eigenvalue weighted by Crippen LogP contribution is -2.50. The van der Waals surface area contributed by atoms with Gasteiger partial charge in [-0.15, -0.1) is 0 Å². The number of alkyl halides is 2. The highest BCUT2D eigenvalue weighted by Gasteiger charge is 2.46. The first kappa shape index (κ1) is 21.3. The molecular weight excluding hydrogens is 380 g/mol. The summed E-state index contributed by atoms with van der Waals surface area (Å²) < 4.78 is 31.4. The van der Waals surface area contributed by atoms with Gasteiger partial charge in [-0.1, -0.05) is 0 Å². The lowest BCUT2D eigenvalue weighted by molar-refractivity contribution is -0.0901. The average Bonchev–Trinajstić information content (AvgIpc) is 2.58. The van der Waals surface area contributed by atoms with Crippen molar-refractivity contribution in [3.63, 3.8) is 0 Å². The molecule has 0 atom stereocenters. The Kier molecular flexibility index (Phi) is 5.74. The molecule has 0 bridgehead atoms. The quantitative estimate of drug-likeness (QED) is 0.742. The number of nitrogen functional groups attached to an aromatic ring is 1. The van der Waals surface area contributed by atoms with Crippen molar-refractivity contribution in [2.24, 2.45) is 0 Å². The number of nitrogens with one attached hydrogen (secondary N) is 1. The number of hydrogen-bond acceptors (Lipinski definition) is 4. The molecule has 160 valence electrons. The summed E-state index contributed by atoms with van der Waals surface area (Å²) in [6.07, 6.45) is 0.506. The zero-order chi connectivity index (χ0) is 21.4. The van der Waals surface area contributed by atoms with Crippen LogP contribution in [0.15, 0.2) is 18.2 Å². The Bertz CT molecular complexity index is 776.